The molecule has 1 aromatic carbocycles. The van der Waals surface area contributed by atoms with Crippen molar-refractivity contribution in [1.29, 1.82) is 10.8 Å². The van der Waals surface area contributed by atoms with Gasteiger partial charge in [0.1, 0.15) is 5.75 Å². The summed E-state index contributed by atoms with van der Waals surface area (Å²) in [5, 5.41) is 23.5. The molecule has 1 aliphatic rings. The standard InChI is InChI=1S/C14H23NO.C6H6N2/c1-13(2,3)9-14(4,5)10-6-7-12(16)11(15)8-10;7-5-3-1-2-4-6(5)8/h6-8,16H,9,15H2,1-5H3;1-4,7-8H. The van der Waals surface area contributed by atoms with Gasteiger partial charge in [-0.05, 0) is 47.1 Å². The normalized spacial score (nSPS) is 14.4. The monoisotopic (exact) mass is 327 g/mol. The molecular formula is C20H29N3O. The van der Waals surface area contributed by atoms with Gasteiger partial charge in [0.25, 0.3) is 0 Å². The fourth-order valence-corrected chi connectivity index (χ4v) is 2.89. The van der Waals surface area contributed by atoms with Crippen LogP contribution in [0.3, 0.4) is 0 Å². The average molecular weight is 327 g/mol. The van der Waals surface area contributed by atoms with Gasteiger partial charge in [-0.25, -0.2) is 0 Å². The predicted octanol–water partition coefficient (Wildman–Crippen LogP) is 4.84. The van der Waals surface area contributed by atoms with Gasteiger partial charge in [0.2, 0.25) is 0 Å². The molecule has 0 saturated carbocycles. The Morgan fingerprint density at radius 3 is 1.83 bits per heavy atom. The summed E-state index contributed by atoms with van der Waals surface area (Å²) in [6.45, 7) is 11.1. The van der Waals surface area contributed by atoms with Crippen LogP contribution in [0, 0.1) is 16.2 Å². The second-order valence-corrected chi connectivity index (χ2v) is 7.94. The number of aromatic hydroxyl groups is 1. The van der Waals surface area contributed by atoms with Crippen LogP contribution in [0.25, 0.3) is 0 Å². The highest BCUT2D eigenvalue weighted by Crippen LogP contribution is 2.37. The van der Waals surface area contributed by atoms with E-state index in [0.717, 1.165) is 6.42 Å². The number of nitrogens with two attached hydrogens (primary N) is 1. The minimum Gasteiger partial charge on any atom is -0.506 e. The molecule has 0 bridgehead atoms. The molecule has 2 rings (SSSR count). The smallest absolute Gasteiger partial charge is 0.138 e. The summed E-state index contributed by atoms with van der Waals surface area (Å²) < 4.78 is 0. The zero-order valence-corrected chi connectivity index (χ0v) is 15.3. The first-order valence-corrected chi connectivity index (χ1v) is 8.03. The third-order valence-electron chi connectivity index (χ3n) is 3.71. The van der Waals surface area contributed by atoms with Crippen molar-refractivity contribution in [3.05, 3.63) is 48.1 Å². The largest absolute Gasteiger partial charge is 0.506 e. The number of hydrogen-bond donors (Lipinski definition) is 4. The summed E-state index contributed by atoms with van der Waals surface area (Å²) in [4.78, 5) is 0. The van der Waals surface area contributed by atoms with Crippen molar-refractivity contribution in [2.24, 2.45) is 5.41 Å². The Bertz CT molecular complexity index is 655. The highest BCUT2D eigenvalue weighted by Gasteiger charge is 2.27. The minimum atomic E-state index is 0.0695. The lowest BCUT2D eigenvalue weighted by atomic mass is 9.72. The molecule has 0 aliphatic heterocycles. The maximum Gasteiger partial charge on any atom is 0.138 e. The molecule has 4 heteroatoms. The van der Waals surface area contributed by atoms with Crippen molar-refractivity contribution in [2.75, 3.05) is 5.73 Å². The van der Waals surface area contributed by atoms with E-state index in [1.807, 2.05) is 12.1 Å². The molecule has 0 saturated heterocycles. The third kappa shape index (κ3) is 6.03. The van der Waals surface area contributed by atoms with Gasteiger partial charge in [-0.3, -0.25) is 10.8 Å². The van der Waals surface area contributed by atoms with Crippen molar-refractivity contribution < 1.29 is 5.11 Å². The number of nitrogens with one attached hydrogen (secondary N) is 2. The summed E-state index contributed by atoms with van der Waals surface area (Å²) in [5.41, 5.74) is 8.28. The second kappa shape index (κ2) is 7.47. The Morgan fingerprint density at radius 1 is 0.958 bits per heavy atom. The van der Waals surface area contributed by atoms with E-state index in [9.17, 15) is 5.11 Å². The minimum absolute atomic E-state index is 0.0695. The van der Waals surface area contributed by atoms with E-state index in [1.54, 1.807) is 30.4 Å². The number of nitrogen functional groups attached to an aromatic ring is 1. The van der Waals surface area contributed by atoms with Gasteiger partial charge in [0, 0.05) is 0 Å². The van der Waals surface area contributed by atoms with Gasteiger partial charge in [0.15, 0.2) is 0 Å². The number of benzene rings is 1. The van der Waals surface area contributed by atoms with Crippen LogP contribution in [-0.4, -0.2) is 16.5 Å². The fraction of sp³-hybridized carbons (Fsp3) is 0.400. The van der Waals surface area contributed by atoms with E-state index in [0.29, 0.717) is 5.69 Å². The van der Waals surface area contributed by atoms with E-state index >= 15 is 0 Å². The van der Waals surface area contributed by atoms with Crippen LogP contribution in [-0.2, 0) is 5.41 Å². The molecule has 0 heterocycles. The van der Waals surface area contributed by atoms with Gasteiger partial charge < -0.3 is 10.8 Å². The maximum atomic E-state index is 9.42. The second-order valence-electron chi connectivity index (χ2n) is 7.94. The Labute approximate surface area is 145 Å². The number of phenols is 1. The number of rotatable bonds is 2. The molecule has 0 amide bonds. The number of phenolic OH excluding ortho intramolecular Hbond substituents is 1. The SMILES string of the molecule is CC(C)(C)CC(C)(C)c1ccc(O)c(N)c1.N=C1C=CC=CC1=N. The average Bonchev–Trinajstić information content (AvgIpc) is 2.43. The number of anilines is 1. The summed E-state index contributed by atoms with van der Waals surface area (Å²) in [6.07, 6.45) is 7.77. The van der Waals surface area contributed by atoms with Gasteiger partial charge >= 0.3 is 0 Å². The molecule has 0 fully saturated rings. The zero-order chi connectivity index (χ0) is 18.5. The Morgan fingerprint density at radius 2 is 1.46 bits per heavy atom. The molecule has 24 heavy (non-hydrogen) atoms. The lowest BCUT2D eigenvalue weighted by molar-refractivity contribution is 0.284. The van der Waals surface area contributed by atoms with E-state index in [2.05, 4.69) is 34.6 Å². The first-order valence-electron chi connectivity index (χ1n) is 8.03. The number of hydrogen-bond acceptors (Lipinski definition) is 4. The number of allylic oxidation sites excluding steroid dienone is 4. The quantitative estimate of drug-likeness (QED) is 0.355. The van der Waals surface area contributed by atoms with Crippen LogP contribution in [0.1, 0.15) is 46.6 Å². The summed E-state index contributed by atoms with van der Waals surface area (Å²) in [5.74, 6) is 0.162. The summed E-state index contributed by atoms with van der Waals surface area (Å²) >= 11 is 0. The first-order chi connectivity index (χ1) is 10.9. The van der Waals surface area contributed by atoms with Crippen LogP contribution < -0.4 is 5.73 Å². The van der Waals surface area contributed by atoms with E-state index in [-0.39, 0.29) is 28.0 Å². The lowest BCUT2D eigenvalue weighted by Crippen LogP contribution is -2.24. The van der Waals surface area contributed by atoms with Crippen molar-refractivity contribution in [3.8, 4) is 5.75 Å². The van der Waals surface area contributed by atoms with Crippen LogP contribution in [0.4, 0.5) is 5.69 Å². The highest BCUT2D eigenvalue weighted by molar-refractivity contribution is 6.48. The molecule has 1 aliphatic carbocycles. The molecule has 5 N–H and O–H groups in total. The fourth-order valence-electron chi connectivity index (χ4n) is 2.89. The van der Waals surface area contributed by atoms with Crippen LogP contribution >= 0.6 is 0 Å². The first kappa shape index (κ1) is 19.7. The van der Waals surface area contributed by atoms with Gasteiger partial charge in [0.05, 0.1) is 17.1 Å². The third-order valence-corrected chi connectivity index (χ3v) is 3.71. The van der Waals surface area contributed by atoms with E-state index < -0.39 is 0 Å². The molecule has 0 aromatic heterocycles. The molecule has 0 radical (unpaired) electrons. The Kier molecular flexibility index (Phi) is 6.13. The topological polar surface area (TPSA) is 93.9 Å². The van der Waals surface area contributed by atoms with Crippen LogP contribution in [0.15, 0.2) is 42.5 Å². The summed E-state index contributed by atoms with van der Waals surface area (Å²) in [6, 6.07) is 5.51. The van der Waals surface area contributed by atoms with E-state index in [4.69, 9.17) is 16.6 Å². The molecule has 130 valence electrons. The zero-order valence-electron chi connectivity index (χ0n) is 15.3. The maximum absolute atomic E-state index is 9.42. The van der Waals surface area contributed by atoms with Crippen molar-refractivity contribution in [1.82, 2.24) is 0 Å². The van der Waals surface area contributed by atoms with Crippen LogP contribution in [0.5, 0.6) is 5.75 Å². The molecular weight excluding hydrogens is 298 g/mol. The molecule has 1 aromatic rings. The van der Waals surface area contributed by atoms with Gasteiger partial charge in [-0.15, -0.1) is 0 Å². The van der Waals surface area contributed by atoms with Gasteiger partial charge in [-0.2, -0.15) is 0 Å². The predicted molar refractivity (Wildman–Crippen MR) is 103 cm³/mol. The highest BCUT2D eigenvalue weighted by atomic mass is 16.3. The lowest BCUT2D eigenvalue weighted by Gasteiger charge is -2.33. The molecule has 0 atom stereocenters. The van der Waals surface area contributed by atoms with Gasteiger partial charge in [-0.1, -0.05) is 52.8 Å². The van der Waals surface area contributed by atoms with Crippen molar-refractivity contribution in [2.45, 2.75) is 46.5 Å². The molecule has 0 spiro atoms. The van der Waals surface area contributed by atoms with Crippen molar-refractivity contribution in [3.63, 3.8) is 0 Å². The van der Waals surface area contributed by atoms with Crippen molar-refractivity contribution >= 4 is 17.1 Å². The molecule has 4 nitrogen and oxygen atoms in total. The van der Waals surface area contributed by atoms with Crippen LogP contribution in [0.2, 0.25) is 0 Å². The van der Waals surface area contributed by atoms with E-state index in [1.165, 1.54) is 5.56 Å². The Balaban J connectivity index is 0.000000300. The summed E-state index contributed by atoms with van der Waals surface area (Å²) in [7, 11) is 0. The molecule has 0 unspecified atom stereocenters. The Hall–Kier alpha value is -2.36.